The minimum atomic E-state index is -0.755. The predicted octanol–water partition coefficient (Wildman–Crippen LogP) is 2.52. The second-order valence-electron chi connectivity index (χ2n) is 5.00. The minimum absolute atomic E-state index is 0.0193. The highest BCUT2D eigenvalue weighted by Crippen LogP contribution is 2.38. The molecule has 0 aliphatic carbocycles. The molecule has 0 atom stereocenters. The monoisotopic (exact) mass is 350 g/mol. The van der Waals surface area contributed by atoms with E-state index in [-0.39, 0.29) is 17.9 Å². The predicted molar refractivity (Wildman–Crippen MR) is 85.4 cm³/mol. The number of phenolic OH excluding ortho intramolecular Hbond substituents is 2. The van der Waals surface area contributed by atoms with E-state index in [1.165, 1.54) is 14.2 Å². The maximum Gasteiger partial charge on any atom is 0.311 e. The average molecular weight is 350 g/mol. The quantitative estimate of drug-likeness (QED) is 0.597. The first-order valence-corrected chi connectivity index (χ1v) is 6.87. The van der Waals surface area contributed by atoms with Crippen molar-refractivity contribution in [1.82, 2.24) is 0 Å². The summed E-state index contributed by atoms with van der Waals surface area (Å²) in [5, 5.41) is 41.3. The molecule has 2 aromatic rings. The lowest BCUT2D eigenvalue weighted by atomic mass is 10.0. The third kappa shape index (κ3) is 3.52. The van der Waals surface area contributed by atoms with Gasteiger partial charge in [-0.3, -0.25) is 20.2 Å². The van der Waals surface area contributed by atoms with Gasteiger partial charge >= 0.3 is 11.4 Å². The Bertz CT molecular complexity index is 780. The highest BCUT2D eigenvalue weighted by Gasteiger charge is 2.22. The maximum absolute atomic E-state index is 11.0. The van der Waals surface area contributed by atoms with E-state index in [2.05, 4.69) is 0 Å². The molecular weight excluding hydrogens is 336 g/mol. The molecule has 0 saturated heterocycles. The van der Waals surface area contributed by atoms with Crippen molar-refractivity contribution in [2.24, 2.45) is 0 Å². The van der Waals surface area contributed by atoms with E-state index in [9.17, 15) is 30.4 Å². The zero-order chi connectivity index (χ0) is 18.7. The van der Waals surface area contributed by atoms with Gasteiger partial charge in [-0.15, -0.1) is 0 Å². The molecule has 132 valence electrons. The largest absolute Gasteiger partial charge is 0.502 e. The van der Waals surface area contributed by atoms with Crippen LogP contribution in [0.15, 0.2) is 24.3 Å². The summed E-state index contributed by atoms with van der Waals surface area (Å²) < 4.78 is 10.2. The third-order valence-corrected chi connectivity index (χ3v) is 3.53. The molecular formula is C15H14N2O8. The summed E-state index contributed by atoms with van der Waals surface area (Å²) in [6.07, 6.45) is -0.0193. The standard InChI is InChI=1S/C15H14N2O8/c1-24-14-6-12(18)10(16(20)21)4-8(14)3-9-5-11(17(22)23)13(19)7-15(9)25-2/h4-7,18-19H,3H2,1-2H3. The van der Waals surface area contributed by atoms with E-state index in [1.54, 1.807) is 0 Å². The number of nitrogens with zero attached hydrogens (tertiary/aromatic N) is 2. The lowest BCUT2D eigenvalue weighted by molar-refractivity contribution is -0.386. The molecule has 25 heavy (non-hydrogen) atoms. The Kier molecular flexibility index (Phi) is 4.92. The number of methoxy groups -OCH3 is 2. The number of hydrogen-bond acceptors (Lipinski definition) is 8. The van der Waals surface area contributed by atoms with Gasteiger partial charge in [0, 0.05) is 41.8 Å². The van der Waals surface area contributed by atoms with Crippen LogP contribution in [-0.2, 0) is 6.42 Å². The molecule has 2 aromatic carbocycles. The van der Waals surface area contributed by atoms with Crippen molar-refractivity contribution in [3.63, 3.8) is 0 Å². The molecule has 0 saturated carbocycles. The number of rotatable bonds is 6. The molecule has 0 bridgehead atoms. The first-order valence-electron chi connectivity index (χ1n) is 6.87. The van der Waals surface area contributed by atoms with E-state index in [4.69, 9.17) is 9.47 Å². The SMILES string of the molecule is COc1cc(O)c([N+](=O)[O-])cc1Cc1cc([N+](=O)[O-])c(O)cc1OC. The number of nitro benzene ring substituents is 2. The van der Waals surface area contributed by atoms with Crippen LogP contribution < -0.4 is 9.47 Å². The summed E-state index contributed by atoms with van der Waals surface area (Å²) in [6.45, 7) is 0. The first-order chi connectivity index (χ1) is 11.8. The number of hydrogen-bond donors (Lipinski definition) is 2. The van der Waals surface area contributed by atoms with Crippen LogP contribution >= 0.6 is 0 Å². The summed E-state index contributed by atoms with van der Waals surface area (Å²) in [5.41, 5.74) is -0.429. The molecule has 0 aromatic heterocycles. The number of ether oxygens (including phenoxy) is 2. The van der Waals surface area contributed by atoms with Gasteiger partial charge in [0.2, 0.25) is 0 Å². The van der Waals surface area contributed by atoms with E-state index in [1.807, 2.05) is 0 Å². The van der Waals surface area contributed by atoms with Gasteiger partial charge in [-0.2, -0.15) is 0 Å². The fourth-order valence-electron chi connectivity index (χ4n) is 2.36. The topological polar surface area (TPSA) is 145 Å². The van der Waals surface area contributed by atoms with Crippen LogP contribution in [0.3, 0.4) is 0 Å². The van der Waals surface area contributed by atoms with Crippen molar-refractivity contribution in [3.8, 4) is 23.0 Å². The van der Waals surface area contributed by atoms with Crippen molar-refractivity contribution in [1.29, 1.82) is 0 Å². The molecule has 0 aliphatic heterocycles. The van der Waals surface area contributed by atoms with Crippen molar-refractivity contribution in [2.45, 2.75) is 6.42 Å². The fourth-order valence-corrected chi connectivity index (χ4v) is 2.36. The van der Waals surface area contributed by atoms with Crippen molar-refractivity contribution >= 4 is 11.4 Å². The lowest BCUT2D eigenvalue weighted by Gasteiger charge is -2.12. The van der Waals surface area contributed by atoms with Crippen molar-refractivity contribution < 1.29 is 29.5 Å². The molecule has 10 heteroatoms. The van der Waals surface area contributed by atoms with Crippen LogP contribution in [0, 0.1) is 20.2 Å². The van der Waals surface area contributed by atoms with Gasteiger partial charge in [0.05, 0.1) is 24.1 Å². The van der Waals surface area contributed by atoms with Crippen LogP contribution in [0.1, 0.15) is 11.1 Å². The fraction of sp³-hybridized carbons (Fsp3) is 0.200. The summed E-state index contributed by atoms with van der Waals surface area (Å²) in [4.78, 5) is 20.5. The third-order valence-electron chi connectivity index (χ3n) is 3.53. The van der Waals surface area contributed by atoms with Gasteiger partial charge in [-0.1, -0.05) is 0 Å². The molecule has 2 N–H and O–H groups in total. The van der Waals surface area contributed by atoms with Gasteiger partial charge < -0.3 is 19.7 Å². The van der Waals surface area contributed by atoms with Gasteiger partial charge in [0.1, 0.15) is 11.5 Å². The second kappa shape index (κ2) is 6.91. The maximum atomic E-state index is 11.0. The van der Waals surface area contributed by atoms with Crippen LogP contribution in [0.4, 0.5) is 11.4 Å². The Labute approximate surface area is 141 Å². The molecule has 0 heterocycles. The highest BCUT2D eigenvalue weighted by atomic mass is 16.6. The first kappa shape index (κ1) is 17.8. The number of benzene rings is 2. The van der Waals surface area contributed by atoms with Crippen LogP contribution in [0.2, 0.25) is 0 Å². The average Bonchev–Trinajstić information content (AvgIpc) is 2.56. The molecule has 0 unspecified atom stereocenters. The zero-order valence-corrected chi connectivity index (χ0v) is 13.3. The normalized spacial score (nSPS) is 10.3. The van der Waals surface area contributed by atoms with Crippen molar-refractivity contribution in [2.75, 3.05) is 14.2 Å². The number of phenols is 2. The van der Waals surface area contributed by atoms with Gasteiger partial charge in [0.15, 0.2) is 11.5 Å². The summed E-state index contributed by atoms with van der Waals surface area (Å²) in [6, 6.07) is 4.42. The van der Waals surface area contributed by atoms with Crippen LogP contribution in [-0.4, -0.2) is 34.3 Å². The molecule has 10 nitrogen and oxygen atoms in total. The molecule has 0 spiro atoms. The Morgan fingerprint density at radius 2 is 1.20 bits per heavy atom. The molecule has 2 rings (SSSR count). The number of nitro groups is 2. The van der Waals surface area contributed by atoms with Crippen LogP contribution in [0.5, 0.6) is 23.0 Å². The summed E-state index contributed by atoms with van der Waals surface area (Å²) in [7, 11) is 2.64. The van der Waals surface area contributed by atoms with Gasteiger partial charge in [-0.25, -0.2) is 0 Å². The zero-order valence-electron chi connectivity index (χ0n) is 13.3. The summed E-state index contributed by atoms with van der Waals surface area (Å²) in [5.74, 6) is -0.787. The van der Waals surface area contributed by atoms with Crippen molar-refractivity contribution in [3.05, 3.63) is 55.6 Å². The molecule has 0 fully saturated rings. The van der Waals surface area contributed by atoms with Crippen LogP contribution in [0.25, 0.3) is 0 Å². The van der Waals surface area contributed by atoms with E-state index < -0.39 is 32.7 Å². The Morgan fingerprint density at radius 1 is 0.840 bits per heavy atom. The Balaban J connectivity index is 2.59. The minimum Gasteiger partial charge on any atom is -0.502 e. The highest BCUT2D eigenvalue weighted by molar-refractivity contribution is 5.59. The number of aromatic hydroxyl groups is 2. The Morgan fingerprint density at radius 3 is 1.48 bits per heavy atom. The smallest absolute Gasteiger partial charge is 0.311 e. The molecule has 0 radical (unpaired) electrons. The summed E-state index contributed by atoms with van der Waals surface area (Å²) >= 11 is 0. The van der Waals surface area contributed by atoms with Gasteiger partial charge in [0.25, 0.3) is 0 Å². The van der Waals surface area contributed by atoms with E-state index >= 15 is 0 Å². The Hall–Kier alpha value is -3.56. The van der Waals surface area contributed by atoms with E-state index in [0.29, 0.717) is 11.1 Å². The second-order valence-corrected chi connectivity index (χ2v) is 5.00. The van der Waals surface area contributed by atoms with E-state index in [0.717, 1.165) is 24.3 Å². The van der Waals surface area contributed by atoms with Gasteiger partial charge in [-0.05, 0) is 0 Å². The molecule has 0 aliphatic rings. The lowest BCUT2D eigenvalue weighted by Crippen LogP contribution is -2.00. The molecule has 0 amide bonds.